The van der Waals surface area contributed by atoms with Gasteiger partial charge in [0.05, 0.1) is 16.8 Å². The van der Waals surface area contributed by atoms with Crippen LogP contribution in [0.25, 0.3) is 23.5 Å². The molecule has 5 N–H and O–H groups in total. The zero-order valence-corrected chi connectivity index (χ0v) is 16.9. The highest BCUT2D eigenvalue weighted by Crippen LogP contribution is 2.29. The number of nitrogens with zero attached hydrogens (tertiary/aromatic N) is 3. The summed E-state index contributed by atoms with van der Waals surface area (Å²) >= 11 is 0. The van der Waals surface area contributed by atoms with Crippen LogP contribution in [0, 0.1) is 23.0 Å². The smallest absolute Gasteiger partial charge is 0.224 e. The molecule has 0 saturated heterocycles. The molecule has 0 radical (unpaired) electrons. The van der Waals surface area contributed by atoms with Crippen LogP contribution in [0.4, 0.5) is 26.4 Å². The van der Waals surface area contributed by atoms with Gasteiger partial charge in [-0.3, -0.25) is 4.79 Å². The Bertz CT molecular complexity index is 1440. The number of hydrogen-bond acceptors (Lipinski definition) is 8. The number of nitriles is 1. The van der Waals surface area contributed by atoms with Crippen molar-refractivity contribution >= 4 is 29.7 Å². The molecule has 8 nitrogen and oxygen atoms in total. The van der Waals surface area contributed by atoms with Gasteiger partial charge in [0.25, 0.3) is 0 Å². The molecule has 0 amide bonds. The van der Waals surface area contributed by atoms with Gasteiger partial charge in [0.2, 0.25) is 5.95 Å². The van der Waals surface area contributed by atoms with E-state index < -0.39 is 17.7 Å². The number of fused-ring (bicyclic) bond motifs is 1. The maximum atomic E-state index is 14.0. The third-order valence-electron chi connectivity index (χ3n) is 5.03. The standard InChI is InChI=1S/C22H18F2N6O2/c1-10(28-21-15(9-25)20(26)29-22(27)30-21)17-18(31)14-4-2-3-5-16(14)32-19(17)11-6-12(23)8-13(24)7-11/h4-8,10H,2-3H2,1H3,(H5,26,27,28,29,30). The Morgan fingerprint density at radius 3 is 2.53 bits per heavy atom. The predicted molar refractivity (Wildman–Crippen MR) is 115 cm³/mol. The van der Waals surface area contributed by atoms with Crippen molar-refractivity contribution in [2.45, 2.75) is 25.8 Å². The highest BCUT2D eigenvalue weighted by Gasteiger charge is 2.23. The summed E-state index contributed by atoms with van der Waals surface area (Å²) in [6.07, 6.45) is 4.85. The van der Waals surface area contributed by atoms with E-state index in [-0.39, 0.29) is 45.5 Å². The summed E-state index contributed by atoms with van der Waals surface area (Å²) in [5.74, 6) is -1.89. The van der Waals surface area contributed by atoms with Crippen LogP contribution in [0.5, 0.6) is 0 Å². The van der Waals surface area contributed by atoms with E-state index in [1.807, 2.05) is 6.07 Å². The van der Waals surface area contributed by atoms with Gasteiger partial charge in [0.15, 0.2) is 11.2 Å². The molecular weight excluding hydrogens is 418 g/mol. The average molecular weight is 436 g/mol. The van der Waals surface area contributed by atoms with Gasteiger partial charge in [-0.25, -0.2) is 8.78 Å². The molecule has 1 aliphatic carbocycles. The molecule has 4 rings (SSSR count). The van der Waals surface area contributed by atoms with Crippen molar-refractivity contribution in [3.05, 3.63) is 61.8 Å². The van der Waals surface area contributed by atoms with Crippen molar-refractivity contribution < 1.29 is 13.2 Å². The Labute approximate surface area is 180 Å². The second-order valence-electron chi connectivity index (χ2n) is 7.26. The normalized spacial score (nSPS) is 13.3. The van der Waals surface area contributed by atoms with Crippen molar-refractivity contribution in [1.29, 1.82) is 5.26 Å². The maximum Gasteiger partial charge on any atom is 0.224 e. The highest BCUT2D eigenvalue weighted by molar-refractivity contribution is 5.67. The van der Waals surface area contributed by atoms with E-state index in [0.29, 0.717) is 23.5 Å². The number of halogens is 2. The maximum absolute atomic E-state index is 14.0. The lowest BCUT2D eigenvalue weighted by atomic mass is 9.99. The summed E-state index contributed by atoms with van der Waals surface area (Å²) in [6.45, 7) is 1.62. The zero-order chi connectivity index (χ0) is 23.0. The lowest BCUT2D eigenvalue weighted by Crippen LogP contribution is -2.43. The summed E-state index contributed by atoms with van der Waals surface area (Å²) in [6, 6.07) is 3.99. The second kappa shape index (κ2) is 8.11. The zero-order valence-electron chi connectivity index (χ0n) is 16.9. The number of nitrogens with two attached hydrogens (primary N) is 2. The first-order chi connectivity index (χ1) is 15.3. The van der Waals surface area contributed by atoms with E-state index in [9.17, 15) is 18.8 Å². The molecule has 0 fully saturated rings. The fourth-order valence-electron chi connectivity index (χ4n) is 3.65. The van der Waals surface area contributed by atoms with Gasteiger partial charge in [-0.1, -0.05) is 6.08 Å². The average Bonchev–Trinajstić information content (AvgIpc) is 2.72. The summed E-state index contributed by atoms with van der Waals surface area (Å²) in [4.78, 5) is 21.2. The van der Waals surface area contributed by atoms with Crippen LogP contribution >= 0.6 is 0 Å². The minimum absolute atomic E-state index is 0.00667. The summed E-state index contributed by atoms with van der Waals surface area (Å²) in [5.41, 5.74) is 11.5. The molecule has 0 saturated carbocycles. The fraction of sp³-hybridized carbons (Fsp3) is 0.182. The van der Waals surface area contributed by atoms with E-state index in [2.05, 4.69) is 15.3 Å². The Balaban J connectivity index is 1.94. The predicted octanol–water partition coefficient (Wildman–Crippen LogP) is 1.94. The first-order valence-electron chi connectivity index (χ1n) is 9.72. The molecule has 1 aliphatic rings. The summed E-state index contributed by atoms with van der Waals surface area (Å²) in [7, 11) is 0. The Kier molecular flexibility index (Phi) is 5.32. The van der Waals surface area contributed by atoms with Gasteiger partial charge in [0.1, 0.15) is 40.3 Å². The molecule has 2 aromatic heterocycles. The van der Waals surface area contributed by atoms with Gasteiger partial charge >= 0.3 is 0 Å². The summed E-state index contributed by atoms with van der Waals surface area (Å²) < 4.78 is 33.9. The molecule has 162 valence electrons. The third-order valence-corrected chi connectivity index (χ3v) is 5.03. The van der Waals surface area contributed by atoms with Crippen molar-refractivity contribution in [3.8, 4) is 17.4 Å². The topological polar surface area (TPSA) is 144 Å². The Morgan fingerprint density at radius 2 is 1.84 bits per heavy atom. The van der Waals surface area contributed by atoms with Crippen LogP contribution < -0.4 is 32.8 Å². The largest absolute Gasteiger partial charge is 0.456 e. The first kappa shape index (κ1) is 21.0. The van der Waals surface area contributed by atoms with Crippen molar-refractivity contribution in [2.24, 2.45) is 0 Å². The molecule has 3 aromatic rings. The number of nitrogen functional groups attached to an aromatic ring is 2. The Morgan fingerprint density at radius 1 is 1.16 bits per heavy atom. The van der Waals surface area contributed by atoms with Crippen LogP contribution in [0.1, 0.15) is 36.9 Å². The fourth-order valence-corrected chi connectivity index (χ4v) is 3.65. The SMILES string of the molecule is CC(Nc1nc(N)nc(N)c1C#N)c1c(-c2cc(F)cc(F)c2)oc2c(c1=O)=CCCC=2. The minimum Gasteiger partial charge on any atom is -0.456 e. The molecule has 0 bridgehead atoms. The van der Waals surface area contributed by atoms with E-state index >= 15 is 0 Å². The molecular formula is C22H18F2N6O2. The van der Waals surface area contributed by atoms with E-state index in [1.165, 1.54) is 0 Å². The lowest BCUT2D eigenvalue weighted by Gasteiger charge is -2.19. The van der Waals surface area contributed by atoms with Gasteiger partial charge in [-0.2, -0.15) is 15.2 Å². The number of benzene rings is 1. The van der Waals surface area contributed by atoms with Crippen LogP contribution in [0.2, 0.25) is 0 Å². The molecule has 2 heterocycles. The lowest BCUT2D eigenvalue weighted by molar-refractivity contribution is 0.507. The van der Waals surface area contributed by atoms with Gasteiger partial charge in [-0.15, -0.1) is 0 Å². The molecule has 32 heavy (non-hydrogen) atoms. The number of nitrogens with one attached hydrogen (secondary N) is 1. The van der Waals surface area contributed by atoms with Gasteiger partial charge in [-0.05, 0) is 38.0 Å². The van der Waals surface area contributed by atoms with Crippen molar-refractivity contribution in [1.82, 2.24) is 9.97 Å². The quantitative estimate of drug-likeness (QED) is 0.563. The third kappa shape index (κ3) is 3.76. The molecule has 1 aromatic carbocycles. The molecule has 1 unspecified atom stereocenters. The van der Waals surface area contributed by atoms with Crippen LogP contribution in [0.15, 0.2) is 27.4 Å². The molecule has 0 spiro atoms. The molecule has 1 atom stereocenters. The first-order valence-corrected chi connectivity index (χ1v) is 9.72. The van der Waals surface area contributed by atoms with E-state index in [4.69, 9.17) is 15.9 Å². The Hall–Kier alpha value is -4.26. The highest BCUT2D eigenvalue weighted by atomic mass is 19.1. The van der Waals surface area contributed by atoms with Crippen molar-refractivity contribution in [3.63, 3.8) is 0 Å². The molecule has 0 aliphatic heterocycles. The van der Waals surface area contributed by atoms with Crippen LogP contribution in [0.3, 0.4) is 0 Å². The number of anilines is 3. The van der Waals surface area contributed by atoms with E-state index in [1.54, 1.807) is 19.1 Å². The molecule has 10 heteroatoms. The van der Waals surface area contributed by atoms with Gasteiger partial charge in [0, 0.05) is 11.6 Å². The van der Waals surface area contributed by atoms with Gasteiger partial charge < -0.3 is 21.2 Å². The number of hydrogen-bond donors (Lipinski definition) is 3. The van der Waals surface area contributed by atoms with Crippen LogP contribution in [-0.4, -0.2) is 9.97 Å². The second-order valence-corrected chi connectivity index (χ2v) is 7.26. The van der Waals surface area contributed by atoms with Crippen LogP contribution in [-0.2, 0) is 0 Å². The minimum atomic E-state index is -0.814. The van der Waals surface area contributed by atoms with Crippen molar-refractivity contribution in [2.75, 3.05) is 16.8 Å². The summed E-state index contributed by atoms with van der Waals surface area (Å²) in [5, 5.41) is 12.7. The number of rotatable bonds is 4. The monoisotopic (exact) mass is 436 g/mol. The van der Waals surface area contributed by atoms with E-state index in [0.717, 1.165) is 18.2 Å². The number of aromatic nitrogens is 2.